The normalized spacial score (nSPS) is 10.5. The Bertz CT molecular complexity index is 993. The molecule has 2 aromatic carbocycles. The molecule has 0 atom stereocenters. The van der Waals surface area contributed by atoms with E-state index in [2.05, 4.69) is 20.8 Å². The van der Waals surface area contributed by atoms with Crippen molar-refractivity contribution in [2.24, 2.45) is 0 Å². The van der Waals surface area contributed by atoms with E-state index in [4.69, 9.17) is 0 Å². The van der Waals surface area contributed by atoms with Crippen LogP contribution < -0.4 is 5.32 Å². The maximum absolute atomic E-state index is 13.9. The van der Waals surface area contributed by atoms with Gasteiger partial charge in [-0.15, -0.1) is 5.10 Å². The predicted molar refractivity (Wildman–Crippen MR) is 91.9 cm³/mol. The summed E-state index contributed by atoms with van der Waals surface area (Å²) in [6, 6.07) is 9.37. The van der Waals surface area contributed by atoms with E-state index in [1.165, 1.54) is 16.4 Å². The van der Waals surface area contributed by atoms with Gasteiger partial charge in [0.15, 0.2) is 0 Å². The highest BCUT2D eigenvalue weighted by atomic mass is 32.2. The van der Waals surface area contributed by atoms with Gasteiger partial charge in [-0.25, -0.2) is 4.39 Å². The number of nitrogens with one attached hydrogen (secondary N) is 1. The van der Waals surface area contributed by atoms with Crippen LogP contribution in [0.5, 0.6) is 0 Å². The number of nitro groups is 1. The number of aromatic nitrogens is 4. The predicted octanol–water partition coefficient (Wildman–Crippen LogP) is 2.68. The van der Waals surface area contributed by atoms with Gasteiger partial charge < -0.3 is 5.32 Å². The second-order valence-corrected chi connectivity index (χ2v) is 5.78. The van der Waals surface area contributed by atoms with Crippen LogP contribution in [0.25, 0.3) is 5.69 Å². The van der Waals surface area contributed by atoms with Crippen LogP contribution in [-0.2, 0) is 0 Å². The van der Waals surface area contributed by atoms with E-state index in [1.807, 2.05) is 6.26 Å². The number of rotatable bonds is 5. The summed E-state index contributed by atoms with van der Waals surface area (Å²) in [6.07, 6.45) is 1.82. The Morgan fingerprint density at radius 3 is 2.85 bits per heavy atom. The first kappa shape index (κ1) is 17.5. The smallest absolute Gasteiger partial charge is 0.270 e. The maximum Gasteiger partial charge on any atom is 0.270 e. The molecule has 3 rings (SSSR count). The highest BCUT2D eigenvalue weighted by molar-refractivity contribution is 7.98. The summed E-state index contributed by atoms with van der Waals surface area (Å²) in [4.78, 5) is 22.4. The first-order valence-corrected chi connectivity index (χ1v) is 8.40. The Balaban J connectivity index is 1.88. The lowest BCUT2D eigenvalue weighted by Crippen LogP contribution is -2.14. The fraction of sp³-hybridized carbons (Fsp3) is 0.0667. The molecule has 0 spiro atoms. The molecule has 0 aliphatic rings. The number of carbonyl (C=O) groups excluding carboxylic acids is 1. The van der Waals surface area contributed by atoms with Crippen molar-refractivity contribution in [2.45, 2.75) is 5.16 Å². The number of hydrogen-bond donors (Lipinski definition) is 1. The number of nitrogens with zero attached hydrogens (tertiary/aromatic N) is 5. The van der Waals surface area contributed by atoms with Crippen molar-refractivity contribution in [1.29, 1.82) is 0 Å². The van der Waals surface area contributed by atoms with Gasteiger partial charge in [0.25, 0.3) is 11.6 Å². The van der Waals surface area contributed by atoms with Crippen LogP contribution in [0, 0.1) is 15.9 Å². The standard InChI is InChI=1S/C15H11FN6O3S/c1-26-15-18-19-20-21(15)10-4-2-3-9(7-10)17-14(23)12-8-11(22(24)25)5-6-13(12)16/h2-8H,1H3,(H,17,23). The zero-order valence-corrected chi connectivity index (χ0v) is 14.1. The average Bonchev–Trinajstić information content (AvgIpc) is 3.10. The molecule has 0 bridgehead atoms. The summed E-state index contributed by atoms with van der Waals surface area (Å²) in [5, 5.41) is 25.2. The molecule has 0 saturated heterocycles. The van der Waals surface area contributed by atoms with E-state index in [9.17, 15) is 19.3 Å². The van der Waals surface area contributed by atoms with Crippen LogP contribution in [-0.4, -0.2) is 37.3 Å². The molecule has 1 heterocycles. The quantitative estimate of drug-likeness (QED) is 0.415. The number of carbonyl (C=O) groups is 1. The van der Waals surface area contributed by atoms with Gasteiger partial charge in [0.1, 0.15) is 5.82 Å². The second-order valence-electron chi connectivity index (χ2n) is 5.00. The summed E-state index contributed by atoms with van der Waals surface area (Å²) in [5.41, 5.74) is 0.165. The number of halogens is 1. The number of hydrogen-bond acceptors (Lipinski definition) is 7. The van der Waals surface area contributed by atoms with Gasteiger partial charge in [-0.3, -0.25) is 14.9 Å². The van der Waals surface area contributed by atoms with E-state index < -0.39 is 22.2 Å². The molecule has 1 N–H and O–H groups in total. The van der Waals surface area contributed by atoms with Crippen LogP contribution in [0.4, 0.5) is 15.8 Å². The number of non-ortho nitro benzene ring substituents is 1. The number of amides is 1. The molecule has 9 nitrogen and oxygen atoms in total. The fourth-order valence-corrected chi connectivity index (χ4v) is 2.62. The Morgan fingerprint density at radius 2 is 2.12 bits per heavy atom. The number of nitro benzene ring substituents is 1. The van der Waals surface area contributed by atoms with E-state index >= 15 is 0 Å². The third-order valence-electron chi connectivity index (χ3n) is 3.38. The van der Waals surface area contributed by atoms with Crippen molar-refractivity contribution < 1.29 is 14.1 Å². The molecule has 0 fully saturated rings. The molecule has 11 heteroatoms. The molecule has 0 saturated carbocycles. The lowest BCUT2D eigenvalue weighted by atomic mass is 10.1. The minimum absolute atomic E-state index is 0.362. The SMILES string of the molecule is CSc1nnnn1-c1cccc(NC(=O)c2cc([N+](=O)[O-])ccc2F)c1. The van der Waals surface area contributed by atoms with Gasteiger partial charge in [0.2, 0.25) is 5.16 Å². The van der Waals surface area contributed by atoms with Crippen LogP contribution in [0.15, 0.2) is 47.6 Å². The Morgan fingerprint density at radius 1 is 1.31 bits per heavy atom. The molecule has 0 aliphatic heterocycles. The van der Waals surface area contributed by atoms with Gasteiger partial charge in [-0.1, -0.05) is 17.8 Å². The summed E-state index contributed by atoms with van der Waals surface area (Å²) in [7, 11) is 0. The van der Waals surface area contributed by atoms with Gasteiger partial charge in [0.05, 0.1) is 16.2 Å². The molecule has 1 amide bonds. The number of benzene rings is 2. The molecule has 0 unspecified atom stereocenters. The zero-order chi connectivity index (χ0) is 18.7. The molecule has 3 aromatic rings. The zero-order valence-electron chi connectivity index (χ0n) is 13.3. The van der Waals surface area contributed by atoms with E-state index in [0.717, 1.165) is 18.2 Å². The lowest BCUT2D eigenvalue weighted by molar-refractivity contribution is -0.384. The fourth-order valence-electron chi connectivity index (χ4n) is 2.18. The summed E-state index contributed by atoms with van der Waals surface area (Å²) in [6.45, 7) is 0. The first-order valence-electron chi connectivity index (χ1n) is 7.17. The minimum Gasteiger partial charge on any atom is -0.322 e. The molecule has 0 aliphatic carbocycles. The van der Waals surface area contributed by atoms with Crippen molar-refractivity contribution >= 4 is 29.0 Å². The van der Waals surface area contributed by atoms with Crippen molar-refractivity contribution in [3.63, 3.8) is 0 Å². The van der Waals surface area contributed by atoms with Crippen LogP contribution in [0.2, 0.25) is 0 Å². The van der Waals surface area contributed by atoms with Crippen molar-refractivity contribution in [3.05, 3.63) is 64.0 Å². The summed E-state index contributed by atoms with van der Waals surface area (Å²) < 4.78 is 15.4. The third-order valence-corrected chi connectivity index (χ3v) is 4.00. The van der Waals surface area contributed by atoms with Crippen LogP contribution in [0.3, 0.4) is 0 Å². The number of tetrazole rings is 1. The lowest BCUT2D eigenvalue weighted by Gasteiger charge is -2.08. The molecular weight excluding hydrogens is 363 g/mol. The maximum atomic E-state index is 13.9. The highest BCUT2D eigenvalue weighted by Crippen LogP contribution is 2.21. The summed E-state index contributed by atoms with van der Waals surface area (Å²) >= 11 is 1.35. The first-order chi connectivity index (χ1) is 12.5. The van der Waals surface area contributed by atoms with Gasteiger partial charge in [-0.05, 0) is 40.9 Å². The van der Waals surface area contributed by atoms with Gasteiger partial charge in [-0.2, -0.15) is 4.68 Å². The minimum atomic E-state index is -0.852. The Labute approximate surface area is 150 Å². The molecule has 132 valence electrons. The monoisotopic (exact) mass is 374 g/mol. The van der Waals surface area contributed by atoms with Gasteiger partial charge >= 0.3 is 0 Å². The van der Waals surface area contributed by atoms with E-state index in [0.29, 0.717) is 16.5 Å². The third kappa shape index (κ3) is 3.52. The Kier molecular flexibility index (Phi) is 4.89. The van der Waals surface area contributed by atoms with E-state index in [-0.39, 0.29) is 5.69 Å². The van der Waals surface area contributed by atoms with Crippen LogP contribution in [0.1, 0.15) is 10.4 Å². The summed E-state index contributed by atoms with van der Waals surface area (Å²) in [5.74, 6) is -1.65. The van der Waals surface area contributed by atoms with Crippen molar-refractivity contribution in [2.75, 3.05) is 11.6 Å². The number of anilines is 1. The molecule has 0 radical (unpaired) electrons. The largest absolute Gasteiger partial charge is 0.322 e. The molecule has 26 heavy (non-hydrogen) atoms. The second kappa shape index (κ2) is 7.27. The number of thioether (sulfide) groups is 1. The molecular formula is C15H11FN6O3S. The highest BCUT2D eigenvalue weighted by Gasteiger charge is 2.17. The van der Waals surface area contributed by atoms with Gasteiger partial charge in [0, 0.05) is 17.8 Å². The van der Waals surface area contributed by atoms with E-state index in [1.54, 1.807) is 24.3 Å². The van der Waals surface area contributed by atoms with Crippen molar-refractivity contribution in [1.82, 2.24) is 20.2 Å². The van der Waals surface area contributed by atoms with Crippen LogP contribution >= 0.6 is 11.8 Å². The average molecular weight is 374 g/mol. The molecule has 1 aromatic heterocycles. The topological polar surface area (TPSA) is 116 Å². The Hall–Kier alpha value is -3.34. The van der Waals surface area contributed by atoms with Crippen molar-refractivity contribution in [3.8, 4) is 5.69 Å².